The summed E-state index contributed by atoms with van der Waals surface area (Å²) in [5.41, 5.74) is -1.50. The number of phenolic OH excluding ortho intramolecular Hbond substituents is 1. The average Bonchev–Trinajstić information content (AvgIpc) is 2.26. The number of hydrogen-bond acceptors (Lipinski definition) is 1. The van der Waals surface area contributed by atoms with Crippen molar-refractivity contribution in [1.82, 2.24) is 0 Å². The maximum atomic E-state index is 13.5. The molecule has 0 heterocycles. The minimum Gasteiger partial charge on any atom is -0.508 e. The summed E-state index contributed by atoms with van der Waals surface area (Å²) in [4.78, 5) is 0. The molecule has 0 amide bonds. The molecule has 0 aromatic heterocycles. The zero-order valence-corrected chi connectivity index (χ0v) is 9.30. The summed E-state index contributed by atoms with van der Waals surface area (Å²) >= 11 is 0. The number of benzene rings is 2. The number of alkyl halides is 3. The van der Waals surface area contributed by atoms with Crippen LogP contribution in [0.25, 0.3) is 11.1 Å². The molecule has 0 atom stereocenters. The van der Waals surface area contributed by atoms with Crippen LogP contribution in [-0.2, 0) is 6.18 Å². The molecule has 0 unspecified atom stereocenters. The number of rotatable bonds is 1. The van der Waals surface area contributed by atoms with E-state index in [0.29, 0.717) is 18.2 Å². The second-order valence-corrected chi connectivity index (χ2v) is 3.89. The van der Waals surface area contributed by atoms with Crippen LogP contribution < -0.4 is 0 Å². The Morgan fingerprint density at radius 3 is 2.16 bits per heavy atom. The first-order valence-corrected chi connectivity index (χ1v) is 5.14. The van der Waals surface area contributed by atoms with Crippen LogP contribution in [-0.4, -0.2) is 5.11 Å². The zero-order chi connectivity index (χ0) is 14.2. The molecule has 0 aliphatic rings. The third-order valence-electron chi connectivity index (χ3n) is 2.49. The normalized spacial score (nSPS) is 11.6. The summed E-state index contributed by atoms with van der Waals surface area (Å²) < 4.78 is 63.9. The van der Waals surface area contributed by atoms with Crippen LogP contribution >= 0.6 is 0 Å². The number of hydrogen-bond donors (Lipinski definition) is 1. The van der Waals surface area contributed by atoms with Gasteiger partial charge in [0.05, 0.1) is 5.56 Å². The first-order chi connectivity index (χ1) is 8.77. The predicted octanol–water partition coefficient (Wildman–Crippen LogP) is 4.36. The van der Waals surface area contributed by atoms with Gasteiger partial charge in [0.25, 0.3) is 0 Å². The first kappa shape index (κ1) is 13.3. The quantitative estimate of drug-likeness (QED) is 0.766. The molecule has 100 valence electrons. The van der Waals surface area contributed by atoms with Crippen LogP contribution in [0.1, 0.15) is 5.56 Å². The van der Waals surface area contributed by atoms with Gasteiger partial charge in [-0.2, -0.15) is 13.2 Å². The summed E-state index contributed by atoms with van der Waals surface area (Å²) in [5, 5.41) is 9.27. The molecule has 2 rings (SSSR count). The zero-order valence-electron chi connectivity index (χ0n) is 9.30. The molecule has 0 bridgehead atoms. The minimum atomic E-state index is -4.66. The van der Waals surface area contributed by atoms with Crippen LogP contribution in [0.5, 0.6) is 5.75 Å². The Labute approximate surface area is 104 Å². The molecule has 0 aliphatic carbocycles. The van der Waals surface area contributed by atoms with Gasteiger partial charge in [-0.1, -0.05) is 0 Å². The van der Waals surface area contributed by atoms with Crippen molar-refractivity contribution in [2.45, 2.75) is 6.18 Å². The lowest BCUT2D eigenvalue weighted by molar-refractivity contribution is -0.137. The third kappa shape index (κ3) is 2.83. The summed E-state index contributed by atoms with van der Waals surface area (Å²) in [6.45, 7) is 0. The molecule has 1 nitrogen and oxygen atoms in total. The fraction of sp³-hybridized carbons (Fsp3) is 0.0769. The smallest absolute Gasteiger partial charge is 0.416 e. The lowest BCUT2D eigenvalue weighted by Crippen LogP contribution is -2.04. The Hall–Kier alpha value is -2.11. The molecular formula is C13H7F5O. The third-order valence-corrected chi connectivity index (χ3v) is 2.49. The Balaban J connectivity index is 2.59. The van der Waals surface area contributed by atoms with E-state index >= 15 is 0 Å². The van der Waals surface area contributed by atoms with Crippen molar-refractivity contribution in [1.29, 1.82) is 0 Å². The van der Waals surface area contributed by atoms with E-state index in [2.05, 4.69) is 0 Å². The van der Waals surface area contributed by atoms with Crippen LogP contribution in [0, 0.1) is 11.6 Å². The Morgan fingerprint density at radius 1 is 0.895 bits per heavy atom. The van der Waals surface area contributed by atoms with Crippen molar-refractivity contribution in [3.05, 3.63) is 53.6 Å². The topological polar surface area (TPSA) is 20.2 Å². The van der Waals surface area contributed by atoms with E-state index in [1.165, 1.54) is 0 Å². The van der Waals surface area contributed by atoms with Crippen molar-refractivity contribution in [2.75, 3.05) is 0 Å². The molecule has 0 saturated heterocycles. The van der Waals surface area contributed by atoms with E-state index in [0.717, 1.165) is 18.2 Å². The van der Waals surface area contributed by atoms with E-state index in [-0.39, 0.29) is 11.1 Å². The summed E-state index contributed by atoms with van der Waals surface area (Å²) in [6.07, 6.45) is -4.66. The second-order valence-electron chi connectivity index (χ2n) is 3.89. The number of halogens is 5. The van der Waals surface area contributed by atoms with Gasteiger partial charge in [0.1, 0.15) is 17.4 Å². The fourth-order valence-electron chi connectivity index (χ4n) is 1.65. The molecule has 19 heavy (non-hydrogen) atoms. The standard InChI is InChI=1S/C13H7F5O/c14-9-1-2-11(12(15)6-9)7-3-8(13(16,17)18)5-10(19)4-7/h1-6,19H. The highest BCUT2D eigenvalue weighted by Crippen LogP contribution is 2.35. The number of aromatic hydroxyl groups is 1. The minimum absolute atomic E-state index is 0.176. The molecule has 2 aromatic carbocycles. The highest BCUT2D eigenvalue weighted by Gasteiger charge is 2.31. The van der Waals surface area contributed by atoms with Crippen molar-refractivity contribution in [3.8, 4) is 16.9 Å². The molecule has 0 spiro atoms. The largest absolute Gasteiger partial charge is 0.508 e. The molecule has 0 fully saturated rings. The van der Waals surface area contributed by atoms with Gasteiger partial charge in [0, 0.05) is 11.6 Å². The van der Waals surface area contributed by atoms with E-state index in [4.69, 9.17) is 0 Å². The van der Waals surface area contributed by atoms with Gasteiger partial charge in [-0.15, -0.1) is 0 Å². The highest BCUT2D eigenvalue weighted by molar-refractivity contribution is 5.67. The Morgan fingerprint density at radius 2 is 1.58 bits per heavy atom. The van der Waals surface area contributed by atoms with Gasteiger partial charge >= 0.3 is 6.18 Å². The second kappa shape index (κ2) is 4.53. The number of phenols is 1. The van der Waals surface area contributed by atoms with E-state index in [1.807, 2.05) is 0 Å². The maximum Gasteiger partial charge on any atom is 0.416 e. The van der Waals surface area contributed by atoms with Crippen LogP contribution in [0.3, 0.4) is 0 Å². The molecule has 0 saturated carbocycles. The van der Waals surface area contributed by atoms with Gasteiger partial charge in [-0.25, -0.2) is 8.78 Å². The van der Waals surface area contributed by atoms with E-state index in [9.17, 15) is 27.1 Å². The van der Waals surface area contributed by atoms with Gasteiger partial charge in [0.2, 0.25) is 0 Å². The van der Waals surface area contributed by atoms with Gasteiger partial charge in [0.15, 0.2) is 0 Å². The summed E-state index contributed by atoms with van der Waals surface area (Å²) in [5.74, 6) is -2.48. The van der Waals surface area contributed by atoms with Crippen molar-refractivity contribution >= 4 is 0 Å². The predicted molar refractivity (Wildman–Crippen MR) is 58.5 cm³/mol. The maximum absolute atomic E-state index is 13.5. The van der Waals surface area contributed by atoms with Gasteiger partial charge < -0.3 is 5.11 Å². The molecule has 2 aromatic rings. The average molecular weight is 274 g/mol. The molecule has 0 aliphatic heterocycles. The summed E-state index contributed by atoms with van der Waals surface area (Å²) in [7, 11) is 0. The van der Waals surface area contributed by atoms with Gasteiger partial charge in [-0.3, -0.25) is 0 Å². The van der Waals surface area contributed by atoms with Crippen LogP contribution in [0.15, 0.2) is 36.4 Å². The Kier molecular flexibility index (Phi) is 3.18. The molecular weight excluding hydrogens is 267 g/mol. The van der Waals surface area contributed by atoms with Crippen molar-refractivity contribution in [3.63, 3.8) is 0 Å². The van der Waals surface area contributed by atoms with Gasteiger partial charge in [-0.05, 0) is 35.9 Å². The first-order valence-electron chi connectivity index (χ1n) is 5.14. The highest BCUT2D eigenvalue weighted by atomic mass is 19.4. The van der Waals surface area contributed by atoms with Crippen molar-refractivity contribution < 1.29 is 27.1 Å². The molecule has 1 N–H and O–H groups in total. The van der Waals surface area contributed by atoms with Crippen molar-refractivity contribution in [2.24, 2.45) is 0 Å². The molecule has 0 radical (unpaired) electrons. The monoisotopic (exact) mass is 274 g/mol. The molecule has 6 heteroatoms. The summed E-state index contributed by atoms with van der Waals surface area (Å²) in [6, 6.07) is 4.70. The lowest BCUT2D eigenvalue weighted by atomic mass is 10.0. The van der Waals surface area contributed by atoms with E-state index < -0.39 is 29.1 Å². The lowest BCUT2D eigenvalue weighted by Gasteiger charge is -2.10. The SMILES string of the molecule is Oc1cc(-c2ccc(F)cc2F)cc(C(F)(F)F)c1. The Bertz CT molecular complexity index is 619. The van der Waals surface area contributed by atoms with Crippen LogP contribution in [0.2, 0.25) is 0 Å². The fourth-order valence-corrected chi connectivity index (χ4v) is 1.65. The van der Waals surface area contributed by atoms with Crippen LogP contribution in [0.4, 0.5) is 22.0 Å². The van der Waals surface area contributed by atoms with E-state index in [1.54, 1.807) is 0 Å².